The SMILES string of the molecule is Cc1ccc(NC(=O)C(NC(=O)OC(C)(C)C)c2ccccc2)c(C)c1. The maximum atomic E-state index is 12.9. The minimum atomic E-state index is -0.855. The van der Waals surface area contributed by atoms with E-state index in [0.717, 1.165) is 11.1 Å². The van der Waals surface area contributed by atoms with Crippen LogP contribution in [-0.2, 0) is 9.53 Å². The predicted molar refractivity (Wildman–Crippen MR) is 103 cm³/mol. The lowest BCUT2D eigenvalue weighted by molar-refractivity contribution is -0.118. The number of alkyl carbamates (subject to hydrolysis) is 1. The van der Waals surface area contributed by atoms with Crippen LogP contribution in [0.25, 0.3) is 0 Å². The van der Waals surface area contributed by atoms with Gasteiger partial charge in [-0.2, -0.15) is 0 Å². The molecule has 26 heavy (non-hydrogen) atoms. The molecule has 5 nitrogen and oxygen atoms in total. The summed E-state index contributed by atoms with van der Waals surface area (Å²) in [5.74, 6) is -0.325. The molecular formula is C21H26N2O3. The molecule has 0 spiro atoms. The summed E-state index contributed by atoms with van der Waals surface area (Å²) < 4.78 is 5.30. The highest BCUT2D eigenvalue weighted by molar-refractivity contribution is 5.97. The van der Waals surface area contributed by atoms with Crippen LogP contribution in [0.5, 0.6) is 0 Å². The summed E-state index contributed by atoms with van der Waals surface area (Å²) in [7, 11) is 0. The number of hydrogen-bond donors (Lipinski definition) is 2. The van der Waals surface area contributed by atoms with Crippen molar-refractivity contribution in [1.29, 1.82) is 0 Å². The second-order valence-electron chi connectivity index (χ2n) is 7.30. The Hall–Kier alpha value is -2.82. The molecule has 0 heterocycles. The van der Waals surface area contributed by atoms with Crippen molar-refractivity contribution in [3.8, 4) is 0 Å². The molecule has 0 aliphatic heterocycles. The summed E-state index contributed by atoms with van der Waals surface area (Å²) in [5, 5.41) is 5.56. The minimum Gasteiger partial charge on any atom is -0.444 e. The molecular weight excluding hydrogens is 328 g/mol. The van der Waals surface area contributed by atoms with Gasteiger partial charge in [-0.1, -0.05) is 48.0 Å². The van der Waals surface area contributed by atoms with Crippen molar-refractivity contribution in [1.82, 2.24) is 5.32 Å². The van der Waals surface area contributed by atoms with Crippen LogP contribution < -0.4 is 10.6 Å². The van der Waals surface area contributed by atoms with Crippen molar-refractivity contribution in [3.63, 3.8) is 0 Å². The fourth-order valence-corrected chi connectivity index (χ4v) is 2.53. The monoisotopic (exact) mass is 354 g/mol. The number of nitrogens with one attached hydrogen (secondary N) is 2. The summed E-state index contributed by atoms with van der Waals surface area (Å²) in [4.78, 5) is 25.1. The largest absolute Gasteiger partial charge is 0.444 e. The van der Waals surface area contributed by atoms with Crippen LogP contribution in [0.4, 0.5) is 10.5 Å². The number of ether oxygens (including phenoxy) is 1. The predicted octanol–water partition coefficient (Wildman–Crippen LogP) is 4.51. The van der Waals surface area contributed by atoms with Crippen LogP contribution in [0, 0.1) is 13.8 Å². The highest BCUT2D eigenvalue weighted by Gasteiger charge is 2.26. The summed E-state index contributed by atoms with van der Waals surface area (Å²) in [6.07, 6.45) is -0.637. The average molecular weight is 354 g/mol. The maximum absolute atomic E-state index is 12.9. The number of rotatable bonds is 4. The molecule has 0 saturated carbocycles. The molecule has 1 unspecified atom stereocenters. The summed E-state index contributed by atoms with van der Waals surface area (Å²) in [5.41, 5.74) is 2.83. The van der Waals surface area contributed by atoms with Crippen molar-refractivity contribution in [3.05, 3.63) is 65.2 Å². The zero-order chi connectivity index (χ0) is 19.3. The third-order valence-electron chi connectivity index (χ3n) is 3.70. The number of hydrogen-bond acceptors (Lipinski definition) is 3. The Morgan fingerprint density at radius 3 is 2.23 bits per heavy atom. The van der Waals surface area contributed by atoms with Gasteiger partial charge >= 0.3 is 6.09 Å². The lowest BCUT2D eigenvalue weighted by Gasteiger charge is -2.24. The van der Waals surface area contributed by atoms with Gasteiger partial charge in [-0.05, 0) is 51.8 Å². The highest BCUT2D eigenvalue weighted by atomic mass is 16.6. The first kappa shape index (κ1) is 19.5. The fourth-order valence-electron chi connectivity index (χ4n) is 2.53. The van der Waals surface area contributed by atoms with Crippen molar-refractivity contribution in [2.45, 2.75) is 46.3 Å². The number of carbonyl (C=O) groups is 2. The van der Waals surface area contributed by atoms with Gasteiger partial charge in [0.2, 0.25) is 0 Å². The molecule has 2 aromatic rings. The van der Waals surface area contributed by atoms with Crippen LogP contribution in [0.15, 0.2) is 48.5 Å². The Morgan fingerprint density at radius 1 is 1.00 bits per heavy atom. The molecule has 138 valence electrons. The van der Waals surface area contributed by atoms with E-state index in [-0.39, 0.29) is 5.91 Å². The Bertz CT molecular complexity index is 780. The molecule has 0 aliphatic rings. The van der Waals surface area contributed by atoms with E-state index in [4.69, 9.17) is 4.74 Å². The first-order chi connectivity index (χ1) is 12.2. The van der Waals surface area contributed by atoms with Crippen molar-refractivity contribution >= 4 is 17.7 Å². The van der Waals surface area contributed by atoms with Gasteiger partial charge < -0.3 is 15.4 Å². The van der Waals surface area contributed by atoms with E-state index in [1.165, 1.54) is 0 Å². The van der Waals surface area contributed by atoms with Crippen LogP contribution >= 0.6 is 0 Å². The lowest BCUT2D eigenvalue weighted by atomic mass is 10.1. The molecule has 5 heteroatoms. The zero-order valence-electron chi connectivity index (χ0n) is 15.9. The maximum Gasteiger partial charge on any atom is 0.408 e. The topological polar surface area (TPSA) is 67.4 Å². The van der Waals surface area contributed by atoms with Gasteiger partial charge in [0.1, 0.15) is 11.6 Å². The molecule has 0 fully saturated rings. The van der Waals surface area contributed by atoms with Crippen molar-refractivity contribution in [2.75, 3.05) is 5.32 Å². The van der Waals surface area contributed by atoms with Crippen molar-refractivity contribution in [2.24, 2.45) is 0 Å². The Balaban J connectivity index is 2.22. The average Bonchev–Trinajstić information content (AvgIpc) is 2.54. The Labute approximate surface area is 154 Å². The summed E-state index contributed by atoms with van der Waals surface area (Å²) in [6, 6.07) is 14.0. The van der Waals surface area contributed by atoms with Gasteiger partial charge in [0.15, 0.2) is 0 Å². The molecule has 2 amide bonds. The number of benzene rings is 2. The van der Waals surface area contributed by atoms with Gasteiger partial charge in [-0.15, -0.1) is 0 Å². The third-order valence-corrected chi connectivity index (χ3v) is 3.70. The van der Waals surface area contributed by atoms with E-state index in [2.05, 4.69) is 10.6 Å². The first-order valence-corrected chi connectivity index (χ1v) is 8.58. The van der Waals surface area contributed by atoms with E-state index in [0.29, 0.717) is 11.3 Å². The lowest BCUT2D eigenvalue weighted by Crippen LogP contribution is -2.40. The molecule has 2 rings (SSSR count). The van der Waals surface area contributed by atoms with Crippen LogP contribution in [0.3, 0.4) is 0 Å². The van der Waals surface area contributed by atoms with Gasteiger partial charge in [-0.3, -0.25) is 4.79 Å². The molecule has 2 N–H and O–H groups in total. The second kappa shape index (κ2) is 8.04. The molecule has 0 aliphatic carbocycles. The molecule has 0 aromatic heterocycles. The normalized spacial score (nSPS) is 12.2. The Morgan fingerprint density at radius 2 is 1.65 bits per heavy atom. The van der Waals surface area contributed by atoms with E-state index in [9.17, 15) is 9.59 Å². The van der Waals surface area contributed by atoms with Crippen LogP contribution in [0.1, 0.15) is 43.5 Å². The second-order valence-corrected chi connectivity index (χ2v) is 7.30. The first-order valence-electron chi connectivity index (χ1n) is 8.58. The van der Waals surface area contributed by atoms with E-state index in [1.807, 2.05) is 50.2 Å². The van der Waals surface area contributed by atoms with Gasteiger partial charge in [0.05, 0.1) is 0 Å². The summed E-state index contributed by atoms with van der Waals surface area (Å²) in [6.45, 7) is 9.26. The quantitative estimate of drug-likeness (QED) is 0.849. The van der Waals surface area contributed by atoms with Crippen LogP contribution in [0.2, 0.25) is 0 Å². The third kappa shape index (κ3) is 5.62. The molecule has 0 radical (unpaired) electrons. The van der Waals surface area contributed by atoms with Gasteiger partial charge in [-0.25, -0.2) is 4.79 Å². The minimum absolute atomic E-state index is 0.325. The molecule has 2 aromatic carbocycles. The van der Waals surface area contributed by atoms with Crippen LogP contribution in [-0.4, -0.2) is 17.6 Å². The number of carbonyl (C=O) groups excluding carboxylic acids is 2. The number of amides is 2. The Kier molecular flexibility index (Phi) is 6.03. The molecule has 0 bridgehead atoms. The van der Waals surface area contributed by atoms with E-state index < -0.39 is 17.7 Å². The van der Waals surface area contributed by atoms with Gasteiger partial charge in [0.25, 0.3) is 5.91 Å². The summed E-state index contributed by atoms with van der Waals surface area (Å²) >= 11 is 0. The smallest absolute Gasteiger partial charge is 0.408 e. The molecule has 1 atom stereocenters. The van der Waals surface area contributed by atoms with Crippen molar-refractivity contribution < 1.29 is 14.3 Å². The standard InChI is InChI=1S/C21H26N2O3/c1-14-11-12-17(15(2)13-14)22-19(24)18(16-9-7-6-8-10-16)23-20(25)26-21(3,4)5/h6-13,18H,1-5H3,(H,22,24)(H,23,25). The van der Waals surface area contributed by atoms with E-state index >= 15 is 0 Å². The highest BCUT2D eigenvalue weighted by Crippen LogP contribution is 2.20. The number of anilines is 1. The fraction of sp³-hybridized carbons (Fsp3) is 0.333. The molecule has 0 saturated heterocycles. The van der Waals surface area contributed by atoms with E-state index in [1.54, 1.807) is 32.9 Å². The number of aryl methyl sites for hydroxylation is 2. The van der Waals surface area contributed by atoms with Gasteiger partial charge in [0, 0.05) is 5.69 Å². The zero-order valence-corrected chi connectivity index (χ0v) is 15.9.